The SMILES string of the molecule is O=C(CCSc1ccc(O)cc1)OCCCSc1ccc(O)cc1. The second-order valence-corrected chi connectivity index (χ2v) is 7.35. The van der Waals surface area contributed by atoms with Gasteiger partial charge < -0.3 is 14.9 Å². The van der Waals surface area contributed by atoms with Gasteiger partial charge in [-0.05, 0) is 55.0 Å². The lowest BCUT2D eigenvalue weighted by atomic mass is 10.3. The molecule has 0 radical (unpaired) electrons. The van der Waals surface area contributed by atoms with Gasteiger partial charge in [0.1, 0.15) is 11.5 Å². The van der Waals surface area contributed by atoms with Gasteiger partial charge in [0.25, 0.3) is 0 Å². The van der Waals surface area contributed by atoms with E-state index < -0.39 is 0 Å². The monoisotopic (exact) mass is 364 g/mol. The normalized spacial score (nSPS) is 10.5. The van der Waals surface area contributed by atoms with Crippen LogP contribution in [0.2, 0.25) is 0 Å². The average Bonchev–Trinajstić information content (AvgIpc) is 2.58. The number of rotatable bonds is 9. The number of carbonyl (C=O) groups is 1. The molecule has 2 aromatic rings. The van der Waals surface area contributed by atoms with E-state index in [-0.39, 0.29) is 17.5 Å². The molecule has 0 aliphatic rings. The predicted octanol–water partition coefficient (Wildman–Crippen LogP) is 4.31. The zero-order chi connectivity index (χ0) is 17.2. The molecule has 0 fully saturated rings. The molecule has 0 unspecified atom stereocenters. The van der Waals surface area contributed by atoms with Gasteiger partial charge in [-0.2, -0.15) is 0 Å². The fourth-order valence-corrected chi connectivity index (χ4v) is 3.50. The Hall–Kier alpha value is -1.79. The second kappa shape index (κ2) is 10.2. The van der Waals surface area contributed by atoms with Crippen LogP contribution in [0.25, 0.3) is 0 Å². The van der Waals surface area contributed by atoms with Crippen LogP contribution < -0.4 is 0 Å². The van der Waals surface area contributed by atoms with Crippen LogP contribution in [-0.2, 0) is 9.53 Å². The summed E-state index contributed by atoms with van der Waals surface area (Å²) in [6.07, 6.45) is 1.17. The number of aromatic hydroxyl groups is 2. The van der Waals surface area contributed by atoms with Crippen LogP contribution in [0.4, 0.5) is 0 Å². The number of ether oxygens (including phenoxy) is 1. The van der Waals surface area contributed by atoms with Gasteiger partial charge in [-0.3, -0.25) is 4.79 Å². The minimum atomic E-state index is -0.184. The van der Waals surface area contributed by atoms with Crippen LogP contribution in [-0.4, -0.2) is 34.3 Å². The van der Waals surface area contributed by atoms with Gasteiger partial charge >= 0.3 is 5.97 Å². The quantitative estimate of drug-likeness (QED) is 0.393. The molecule has 6 heteroatoms. The maximum atomic E-state index is 11.6. The van der Waals surface area contributed by atoms with Gasteiger partial charge in [-0.25, -0.2) is 0 Å². The fourth-order valence-electron chi connectivity index (χ4n) is 1.84. The fraction of sp³-hybridized carbons (Fsp3) is 0.278. The molecule has 0 aromatic heterocycles. The van der Waals surface area contributed by atoms with Crippen molar-refractivity contribution in [3.05, 3.63) is 48.5 Å². The largest absolute Gasteiger partial charge is 0.508 e. The van der Waals surface area contributed by atoms with Crippen molar-refractivity contribution in [3.63, 3.8) is 0 Å². The number of hydrogen-bond acceptors (Lipinski definition) is 6. The van der Waals surface area contributed by atoms with E-state index in [9.17, 15) is 15.0 Å². The highest BCUT2D eigenvalue weighted by Crippen LogP contribution is 2.22. The number of phenolic OH excluding ortho intramolecular Hbond substituents is 2. The highest BCUT2D eigenvalue weighted by atomic mass is 32.2. The number of carbonyl (C=O) groups excluding carboxylic acids is 1. The highest BCUT2D eigenvalue weighted by Gasteiger charge is 2.04. The van der Waals surface area contributed by atoms with Crippen molar-refractivity contribution in [2.24, 2.45) is 0 Å². The lowest BCUT2D eigenvalue weighted by Crippen LogP contribution is -2.07. The van der Waals surface area contributed by atoms with Gasteiger partial charge in [0.2, 0.25) is 0 Å². The number of phenols is 2. The summed E-state index contributed by atoms with van der Waals surface area (Å²) in [6, 6.07) is 14.0. The first-order chi connectivity index (χ1) is 11.6. The van der Waals surface area contributed by atoms with Crippen molar-refractivity contribution >= 4 is 29.5 Å². The lowest BCUT2D eigenvalue weighted by molar-refractivity contribution is -0.143. The summed E-state index contributed by atoms with van der Waals surface area (Å²) < 4.78 is 5.21. The van der Waals surface area contributed by atoms with Crippen LogP contribution in [0.3, 0.4) is 0 Å². The summed E-state index contributed by atoms with van der Waals surface area (Å²) in [4.78, 5) is 13.8. The number of thioether (sulfide) groups is 2. The first kappa shape index (κ1) is 18.5. The van der Waals surface area contributed by atoms with E-state index in [0.29, 0.717) is 18.8 Å². The number of benzene rings is 2. The third-order valence-electron chi connectivity index (χ3n) is 3.07. The molecule has 2 rings (SSSR count). The second-order valence-electron chi connectivity index (χ2n) is 5.01. The molecule has 0 heterocycles. The maximum Gasteiger partial charge on any atom is 0.306 e. The lowest BCUT2D eigenvalue weighted by Gasteiger charge is -2.05. The maximum absolute atomic E-state index is 11.6. The Bertz CT molecular complexity index is 626. The van der Waals surface area contributed by atoms with E-state index in [1.54, 1.807) is 47.8 Å². The summed E-state index contributed by atoms with van der Waals surface area (Å²) >= 11 is 3.23. The average molecular weight is 364 g/mol. The molecule has 0 aliphatic heterocycles. The van der Waals surface area contributed by atoms with Gasteiger partial charge in [0.05, 0.1) is 13.0 Å². The van der Waals surface area contributed by atoms with Gasteiger partial charge in [-0.1, -0.05) is 0 Å². The van der Waals surface area contributed by atoms with Gasteiger partial charge in [0.15, 0.2) is 0 Å². The Labute approximate surface area is 150 Å². The van der Waals surface area contributed by atoms with Gasteiger partial charge in [-0.15, -0.1) is 23.5 Å². The molecule has 2 N–H and O–H groups in total. The van der Waals surface area contributed by atoms with E-state index in [1.165, 1.54) is 0 Å². The highest BCUT2D eigenvalue weighted by molar-refractivity contribution is 7.99. The van der Waals surface area contributed by atoms with Crippen molar-refractivity contribution in [2.45, 2.75) is 22.6 Å². The summed E-state index contributed by atoms with van der Waals surface area (Å²) in [5.74, 6) is 1.84. The molecule has 0 bridgehead atoms. The Kier molecular flexibility index (Phi) is 7.85. The Morgan fingerprint density at radius 3 is 1.88 bits per heavy atom. The molecule has 0 amide bonds. The van der Waals surface area contributed by atoms with Crippen molar-refractivity contribution in [1.82, 2.24) is 0 Å². The van der Waals surface area contributed by atoms with E-state index >= 15 is 0 Å². The molecule has 24 heavy (non-hydrogen) atoms. The zero-order valence-electron chi connectivity index (χ0n) is 13.2. The zero-order valence-corrected chi connectivity index (χ0v) is 14.8. The van der Waals surface area contributed by atoms with E-state index in [2.05, 4.69) is 0 Å². The van der Waals surface area contributed by atoms with E-state index in [4.69, 9.17) is 4.74 Å². The first-order valence-corrected chi connectivity index (χ1v) is 9.60. The third kappa shape index (κ3) is 7.19. The third-order valence-corrected chi connectivity index (χ3v) is 5.18. The molecule has 0 saturated heterocycles. The topological polar surface area (TPSA) is 66.8 Å². The molecular weight excluding hydrogens is 344 g/mol. The standard InChI is InChI=1S/C18H20O4S2/c19-14-2-6-16(7-3-14)23-12-1-11-22-18(21)10-13-24-17-8-4-15(20)5-9-17/h2-9,19-20H,1,10-13H2. The van der Waals surface area contributed by atoms with E-state index in [0.717, 1.165) is 22.0 Å². The smallest absolute Gasteiger partial charge is 0.306 e. The first-order valence-electron chi connectivity index (χ1n) is 7.63. The Morgan fingerprint density at radius 1 is 0.833 bits per heavy atom. The molecule has 4 nitrogen and oxygen atoms in total. The van der Waals surface area contributed by atoms with Crippen LogP contribution in [0.5, 0.6) is 11.5 Å². The summed E-state index contributed by atoms with van der Waals surface area (Å²) in [5, 5.41) is 18.4. The predicted molar refractivity (Wildman–Crippen MR) is 97.9 cm³/mol. The van der Waals surface area contributed by atoms with Crippen molar-refractivity contribution in [3.8, 4) is 11.5 Å². The molecule has 0 saturated carbocycles. The van der Waals surface area contributed by atoms with Crippen LogP contribution in [0.15, 0.2) is 58.3 Å². The molecule has 0 atom stereocenters. The van der Waals surface area contributed by atoms with Crippen LogP contribution >= 0.6 is 23.5 Å². The summed E-state index contributed by atoms with van der Waals surface area (Å²) in [7, 11) is 0. The summed E-state index contributed by atoms with van der Waals surface area (Å²) in [5.41, 5.74) is 0. The molecule has 2 aromatic carbocycles. The van der Waals surface area contributed by atoms with Crippen molar-refractivity contribution < 1.29 is 19.7 Å². The summed E-state index contributed by atoms with van der Waals surface area (Å²) in [6.45, 7) is 0.424. The Balaban J connectivity index is 1.51. The molecule has 0 spiro atoms. The minimum absolute atomic E-state index is 0.184. The molecular formula is C18H20O4S2. The van der Waals surface area contributed by atoms with Crippen LogP contribution in [0.1, 0.15) is 12.8 Å². The number of hydrogen-bond donors (Lipinski definition) is 2. The Morgan fingerprint density at radius 2 is 1.33 bits per heavy atom. The molecule has 0 aliphatic carbocycles. The number of esters is 1. The van der Waals surface area contributed by atoms with Crippen molar-refractivity contribution in [2.75, 3.05) is 18.1 Å². The van der Waals surface area contributed by atoms with E-state index in [1.807, 2.05) is 24.3 Å². The van der Waals surface area contributed by atoms with Crippen molar-refractivity contribution in [1.29, 1.82) is 0 Å². The van der Waals surface area contributed by atoms with Crippen LogP contribution in [0, 0.1) is 0 Å². The molecule has 128 valence electrons. The minimum Gasteiger partial charge on any atom is -0.508 e. The van der Waals surface area contributed by atoms with Gasteiger partial charge in [0, 0.05) is 21.3 Å².